The normalized spacial score (nSPS) is 23.2. The van der Waals surface area contributed by atoms with Crippen molar-refractivity contribution < 1.29 is 23.1 Å². The molecule has 1 N–H and O–H groups in total. The highest BCUT2D eigenvalue weighted by Crippen LogP contribution is 2.28. The van der Waals surface area contributed by atoms with Gasteiger partial charge in [0, 0.05) is 12.8 Å². The fourth-order valence-electron chi connectivity index (χ4n) is 1.51. The molecule has 0 bridgehead atoms. The molecule has 0 spiro atoms. The third kappa shape index (κ3) is 2.79. The number of hydrogen-bond acceptors (Lipinski definition) is 4. The smallest absolute Gasteiger partial charge is 0.336 e. The van der Waals surface area contributed by atoms with Gasteiger partial charge >= 0.3 is 5.97 Å². The molecule has 6 heteroatoms. The maximum Gasteiger partial charge on any atom is 0.336 e. The molecule has 1 rings (SSSR count). The monoisotopic (exact) mass is 234 g/mol. The fraction of sp³-hybridized carbons (Fsp3) is 0.667. The van der Waals surface area contributed by atoms with E-state index in [-0.39, 0.29) is 31.0 Å². The Morgan fingerprint density at radius 1 is 1.47 bits per heavy atom. The number of carboxylic acids is 1. The first kappa shape index (κ1) is 12.2. The van der Waals surface area contributed by atoms with Crippen LogP contribution < -0.4 is 0 Å². The van der Waals surface area contributed by atoms with Gasteiger partial charge in [0.25, 0.3) is 0 Å². The first-order chi connectivity index (χ1) is 6.92. The van der Waals surface area contributed by atoms with Gasteiger partial charge in [0.1, 0.15) is 0 Å². The van der Waals surface area contributed by atoms with Crippen LogP contribution in [0, 0.1) is 0 Å². The van der Waals surface area contributed by atoms with Crippen LogP contribution in [0.15, 0.2) is 12.7 Å². The second kappa shape index (κ2) is 4.32. The minimum Gasteiger partial charge on any atom is -0.479 e. The van der Waals surface area contributed by atoms with Gasteiger partial charge in [-0.25, -0.2) is 13.2 Å². The van der Waals surface area contributed by atoms with E-state index in [0.717, 1.165) is 0 Å². The second-order valence-electron chi connectivity index (χ2n) is 3.55. The predicted molar refractivity (Wildman–Crippen MR) is 54.4 cm³/mol. The minimum absolute atomic E-state index is 0.0124. The van der Waals surface area contributed by atoms with Crippen molar-refractivity contribution in [2.45, 2.75) is 18.4 Å². The van der Waals surface area contributed by atoms with Crippen molar-refractivity contribution in [3.05, 3.63) is 12.7 Å². The quantitative estimate of drug-likeness (QED) is 0.704. The van der Waals surface area contributed by atoms with Crippen molar-refractivity contribution in [3.63, 3.8) is 0 Å². The number of carboxylic acid groups (broad SMARTS) is 1. The highest BCUT2D eigenvalue weighted by Gasteiger charge is 2.44. The van der Waals surface area contributed by atoms with Crippen LogP contribution in [0.25, 0.3) is 0 Å². The zero-order valence-corrected chi connectivity index (χ0v) is 9.12. The minimum atomic E-state index is -3.08. The van der Waals surface area contributed by atoms with Crippen molar-refractivity contribution >= 4 is 15.8 Å². The molecule has 1 saturated heterocycles. The summed E-state index contributed by atoms with van der Waals surface area (Å²) in [5.74, 6) is -1.35. The molecule has 0 amide bonds. The van der Waals surface area contributed by atoms with E-state index in [1.165, 1.54) is 6.08 Å². The molecule has 1 heterocycles. The molecule has 15 heavy (non-hydrogen) atoms. The lowest BCUT2D eigenvalue weighted by Gasteiger charge is -2.32. The average molecular weight is 234 g/mol. The van der Waals surface area contributed by atoms with Crippen LogP contribution in [-0.2, 0) is 19.4 Å². The Balaban J connectivity index is 2.77. The summed E-state index contributed by atoms with van der Waals surface area (Å²) < 4.78 is 27.5. The van der Waals surface area contributed by atoms with E-state index in [9.17, 15) is 13.2 Å². The molecular weight excluding hydrogens is 220 g/mol. The van der Waals surface area contributed by atoms with Crippen molar-refractivity contribution in [1.82, 2.24) is 0 Å². The number of ether oxygens (including phenoxy) is 1. The molecule has 0 aromatic rings. The number of rotatable bonds is 4. The predicted octanol–water partition coefficient (Wildman–Crippen LogP) is 0.221. The van der Waals surface area contributed by atoms with Crippen LogP contribution in [0.5, 0.6) is 0 Å². The van der Waals surface area contributed by atoms with E-state index in [1.807, 2.05) is 0 Å². The summed E-state index contributed by atoms with van der Waals surface area (Å²) in [5, 5.41) is 9.03. The molecule has 86 valence electrons. The lowest BCUT2D eigenvalue weighted by atomic mass is 9.97. The van der Waals surface area contributed by atoms with Crippen LogP contribution in [0.4, 0.5) is 0 Å². The van der Waals surface area contributed by atoms with Gasteiger partial charge in [-0.2, -0.15) is 0 Å². The van der Waals surface area contributed by atoms with Crippen LogP contribution in [0.1, 0.15) is 12.8 Å². The topological polar surface area (TPSA) is 80.7 Å². The van der Waals surface area contributed by atoms with Gasteiger partial charge in [-0.3, -0.25) is 0 Å². The van der Waals surface area contributed by atoms with Crippen molar-refractivity contribution in [2.75, 3.05) is 18.1 Å². The van der Waals surface area contributed by atoms with Crippen molar-refractivity contribution in [2.24, 2.45) is 0 Å². The summed E-state index contributed by atoms with van der Waals surface area (Å²) in [4.78, 5) is 11.0. The Kier molecular flexibility index (Phi) is 3.51. The molecule has 1 aliphatic heterocycles. The Bertz CT molecular complexity index is 343. The standard InChI is InChI=1S/C9H14O5S/c1-2-5-14-9(8(10)11)3-6-15(12,13)7-4-9/h2H,1,3-7H2,(H,10,11). The third-order valence-corrected chi connectivity index (χ3v) is 4.15. The number of hydrogen-bond donors (Lipinski definition) is 1. The molecule has 1 aliphatic rings. The van der Waals surface area contributed by atoms with Crippen LogP contribution in [-0.4, -0.2) is 43.2 Å². The summed E-state index contributed by atoms with van der Waals surface area (Å²) in [7, 11) is -3.08. The Morgan fingerprint density at radius 3 is 2.40 bits per heavy atom. The molecule has 0 aliphatic carbocycles. The van der Waals surface area contributed by atoms with Gasteiger partial charge in [0.05, 0.1) is 18.1 Å². The van der Waals surface area contributed by atoms with E-state index in [2.05, 4.69) is 6.58 Å². The first-order valence-electron chi connectivity index (χ1n) is 4.60. The Morgan fingerprint density at radius 2 is 2.00 bits per heavy atom. The highest BCUT2D eigenvalue weighted by atomic mass is 32.2. The molecular formula is C9H14O5S. The van der Waals surface area contributed by atoms with E-state index in [0.29, 0.717) is 0 Å². The number of aliphatic carboxylic acids is 1. The summed E-state index contributed by atoms with van der Waals surface area (Å²) in [5.41, 5.74) is -1.35. The van der Waals surface area contributed by atoms with Crippen LogP contribution in [0.2, 0.25) is 0 Å². The SMILES string of the molecule is C=CCOC1(C(=O)O)CCS(=O)(=O)CC1. The molecule has 0 atom stereocenters. The second-order valence-corrected chi connectivity index (χ2v) is 5.85. The molecule has 5 nitrogen and oxygen atoms in total. The van der Waals surface area contributed by atoms with Crippen molar-refractivity contribution in [3.8, 4) is 0 Å². The van der Waals surface area contributed by atoms with Crippen LogP contribution in [0.3, 0.4) is 0 Å². The van der Waals surface area contributed by atoms with Crippen LogP contribution >= 0.6 is 0 Å². The number of sulfone groups is 1. The van der Waals surface area contributed by atoms with Gasteiger partial charge in [0.2, 0.25) is 0 Å². The Hall–Kier alpha value is -0.880. The molecule has 1 fully saturated rings. The summed E-state index contributed by atoms with van der Waals surface area (Å²) in [6.45, 7) is 3.55. The van der Waals surface area contributed by atoms with Gasteiger partial charge in [-0.1, -0.05) is 6.08 Å². The maximum absolute atomic E-state index is 11.2. The van der Waals surface area contributed by atoms with Gasteiger partial charge < -0.3 is 9.84 Å². The van der Waals surface area contributed by atoms with E-state index in [1.54, 1.807) is 0 Å². The Labute approximate surface area is 88.7 Å². The molecule has 0 unspecified atom stereocenters. The lowest BCUT2D eigenvalue weighted by molar-refractivity contribution is -0.165. The van der Waals surface area contributed by atoms with Gasteiger partial charge in [-0.15, -0.1) is 6.58 Å². The summed E-state index contributed by atoms with van der Waals surface area (Å²) in [6.07, 6.45) is 1.48. The maximum atomic E-state index is 11.2. The van der Waals surface area contributed by atoms with E-state index in [4.69, 9.17) is 9.84 Å². The number of carbonyl (C=O) groups is 1. The lowest BCUT2D eigenvalue weighted by Crippen LogP contribution is -2.48. The third-order valence-electron chi connectivity index (χ3n) is 2.50. The summed E-state index contributed by atoms with van der Waals surface area (Å²) in [6, 6.07) is 0. The zero-order valence-electron chi connectivity index (χ0n) is 8.31. The highest BCUT2D eigenvalue weighted by molar-refractivity contribution is 7.91. The average Bonchev–Trinajstić information content (AvgIpc) is 2.16. The first-order valence-corrected chi connectivity index (χ1v) is 6.43. The molecule has 0 saturated carbocycles. The zero-order chi connectivity index (χ0) is 11.5. The largest absolute Gasteiger partial charge is 0.479 e. The molecule has 0 radical (unpaired) electrons. The van der Waals surface area contributed by atoms with Gasteiger partial charge in [-0.05, 0) is 0 Å². The van der Waals surface area contributed by atoms with Gasteiger partial charge in [0.15, 0.2) is 15.4 Å². The van der Waals surface area contributed by atoms with E-state index < -0.39 is 21.4 Å². The molecule has 0 aromatic heterocycles. The fourth-order valence-corrected chi connectivity index (χ4v) is 2.99. The van der Waals surface area contributed by atoms with E-state index >= 15 is 0 Å². The van der Waals surface area contributed by atoms with Crippen molar-refractivity contribution in [1.29, 1.82) is 0 Å². The molecule has 0 aromatic carbocycles. The summed E-state index contributed by atoms with van der Waals surface area (Å²) >= 11 is 0.